The minimum absolute atomic E-state index is 0.0671. The smallest absolute Gasteiger partial charge is 0.223 e. The van der Waals surface area contributed by atoms with Crippen LogP contribution in [0, 0.1) is 17.7 Å². The van der Waals surface area contributed by atoms with Gasteiger partial charge >= 0.3 is 0 Å². The Morgan fingerprint density at radius 1 is 1.15 bits per heavy atom. The van der Waals surface area contributed by atoms with Gasteiger partial charge in [-0.3, -0.25) is 10.2 Å². The molecule has 0 aromatic heterocycles. The van der Waals surface area contributed by atoms with Crippen LogP contribution in [0.4, 0.5) is 4.39 Å². The van der Waals surface area contributed by atoms with Crippen molar-refractivity contribution in [1.82, 2.24) is 16.2 Å². The van der Waals surface area contributed by atoms with Gasteiger partial charge in [-0.05, 0) is 94.5 Å². The summed E-state index contributed by atoms with van der Waals surface area (Å²) in [5, 5.41) is 14.7. The molecule has 212 valence electrons. The number of methoxy groups -OCH3 is 1. The van der Waals surface area contributed by atoms with Gasteiger partial charge in [0.1, 0.15) is 17.3 Å². The number of rotatable bonds is 8. The lowest BCUT2D eigenvalue weighted by molar-refractivity contribution is -0.128. The first-order chi connectivity index (χ1) is 18.7. The summed E-state index contributed by atoms with van der Waals surface area (Å²) in [6, 6.07) is 13.3. The van der Waals surface area contributed by atoms with Crippen molar-refractivity contribution < 1.29 is 23.8 Å². The zero-order chi connectivity index (χ0) is 27.6. The topological polar surface area (TPSA) is 91.9 Å². The maximum atomic E-state index is 14.6. The molecule has 0 radical (unpaired) electrons. The Balaban J connectivity index is 1.20. The molecule has 1 amide bonds. The van der Waals surface area contributed by atoms with Crippen LogP contribution in [-0.2, 0) is 11.2 Å². The van der Waals surface area contributed by atoms with E-state index in [4.69, 9.17) is 9.47 Å². The fourth-order valence-corrected chi connectivity index (χ4v) is 6.83. The van der Waals surface area contributed by atoms with E-state index in [0.29, 0.717) is 36.1 Å². The molecule has 5 rings (SSSR count). The van der Waals surface area contributed by atoms with Gasteiger partial charge in [0.15, 0.2) is 0 Å². The second-order valence-electron chi connectivity index (χ2n) is 11.9. The van der Waals surface area contributed by atoms with Crippen molar-refractivity contribution in [2.45, 2.75) is 95.0 Å². The molecule has 1 aliphatic heterocycles. The monoisotopic (exact) mass is 539 g/mol. The predicted molar refractivity (Wildman–Crippen MR) is 148 cm³/mol. The van der Waals surface area contributed by atoms with E-state index < -0.39 is 5.60 Å². The van der Waals surface area contributed by atoms with Crippen LogP contribution >= 0.6 is 0 Å². The third-order valence-corrected chi connectivity index (χ3v) is 8.70. The minimum atomic E-state index is -1.08. The average Bonchev–Trinajstić information content (AvgIpc) is 3.33. The summed E-state index contributed by atoms with van der Waals surface area (Å²) >= 11 is 0. The number of hydrogen-bond donors (Lipinski definition) is 4. The lowest BCUT2D eigenvalue weighted by Gasteiger charge is -2.39. The molecule has 39 heavy (non-hydrogen) atoms. The third kappa shape index (κ3) is 6.39. The molecular formula is C31H42FN3O4. The molecular weight excluding hydrogens is 497 g/mol. The van der Waals surface area contributed by atoms with Gasteiger partial charge in [-0.2, -0.15) is 0 Å². The Kier molecular flexibility index (Phi) is 8.45. The van der Waals surface area contributed by atoms with E-state index in [-0.39, 0.29) is 42.3 Å². The Morgan fingerprint density at radius 2 is 1.95 bits per heavy atom. The Bertz CT molecular complexity index is 1140. The fourth-order valence-electron chi connectivity index (χ4n) is 6.83. The summed E-state index contributed by atoms with van der Waals surface area (Å²) in [6.07, 6.45) is 5.44. The van der Waals surface area contributed by atoms with E-state index in [0.717, 1.165) is 37.9 Å². The zero-order valence-corrected chi connectivity index (χ0v) is 23.2. The third-order valence-electron chi connectivity index (χ3n) is 8.70. The SMILES string of the molecule is COc1cccc(F)c1C[C@@]1(O)CCC[C@@H](NC(=O)C2CCC3NNC(c4ccc(OC(C)C)cc4)C3C2)C1. The molecule has 0 spiro atoms. The molecule has 0 bridgehead atoms. The summed E-state index contributed by atoms with van der Waals surface area (Å²) in [4.78, 5) is 13.4. The summed E-state index contributed by atoms with van der Waals surface area (Å²) in [5.41, 5.74) is 7.42. The molecule has 3 aliphatic rings. The van der Waals surface area contributed by atoms with Gasteiger partial charge in [0.2, 0.25) is 5.91 Å². The summed E-state index contributed by atoms with van der Waals surface area (Å²) in [5.74, 6) is 1.24. The quantitative estimate of drug-likeness (QED) is 0.392. The van der Waals surface area contributed by atoms with Gasteiger partial charge in [0, 0.05) is 30.0 Å². The van der Waals surface area contributed by atoms with E-state index >= 15 is 0 Å². The maximum Gasteiger partial charge on any atom is 0.223 e. The van der Waals surface area contributed by atoms with Crippen molar-refractivity contribution >= 4 is 5.91 Å². The second kappa shape index (κ2) is 11.8. The Hall–Kier alpha value is -2.68. The highest BCUT2D eigenvalue weighted by Crippen LogP contribution is 2.41. The van der Waals surface area contributed by atoms with Crippen LogP contribution in [0.2, 0.25) is 0 Å². The van der Waals surface area contributed by atoms with Crippen molar-refractivity contribution in [1.29, 1.82) is 0 Å². The van der Waals surface area contributed by atoms with Gasteiger partial charge in [0.25, 0.3) is 0 Å². The summed E-state index contributed by atoms with van der Waals surface area (Å²) < 4.78 is 25.7. The first-order valence-corrected chi connectivity index (χ1v) is 14.4. The van der Waals surface area contributed by atoms with Gasteiger partial charge in [-0.15, -0.1) is 0 Å². The number of ether oxygens (including phenoxy) is 2. The van der Waals surface area contributed by atoms with Crippen LogP contribution in [0.3, 0.4) is 0 Å². The highest BCUT2D eigenvalue weighted by Gasteiger charge is 2.43. The first kappa shape index (κ1) is 27.9. The number of halogens is 1. The molecule has 1 saturated heterocycles. The molecule has 2 saturated carbocycles. The van der Waals surface area contributed by atoms with Crippen LogP contribution < -0.4 is 25.6 Å². The molecule has 2 aliphatic carbocycles. The molecule has 4 unspecified atom stereocenters. The predicted octanol–water partition coefficient (Wildman–Crippen LogP) is 4.59. The second-order valence-corrected chi connectivity index (χ2v) is 11.9. The van der Waals surface area contributed by atoms with Crippen molar-refractivity contribution in [2.75, 3.05) is 7.11 Å². The normalized spacial score (nSPS) is 30.6. The number of hydrogen-bond acceptors (Lipinski definition) is 6. The van der Waals surface area contributed by atoms with E-state index in [1.807, 2.05) is 26.0 Å². The van der Waals surface area contributed by atoms with Crippen molar-refractivity contribution in [3.63, 3.8) is 0 Å². The van der Waals surface area contributed by atoms with E-state index in [2.05, 4.69) is 28.3 Å². The van der Waals surface area contributed by atoms with Crippen molar-refractivity contribution in [3.8, 4) is 11.5 Å². The molecule has 2 aromatic rings. The van der Waals surface area contributed by atoms with Gasteiger partial charge in [0.05, 0.1) is 24.9 Å². The number of aliphatic hydroxyl groups is 1. The number of amides is 1. The lowest BCUT2D eigenvalue weighted by Crippen LogP contribution is -2.49. The first-order valence-electron chi connectivity index (χ1n) is 14.4. The fraction of sp³-hybridized carbons (Fsp3) is 0.581. The molecule has 8 heteroatoms. The summed E-state index contributed by atoms with van der Waals surface area (Å²) in [6.45, 7) is 4.03. The average molecular weight is 540 g/mol. The number of benzene rings is 2. The lowest BCUT2D eigenvalue weighted by atomic mass is 9.73. The van der Waals surface area contributed by atoms with Crippen molar-refractivity contribution in [3.05, 3.63) is 59.4 Å². The van der Waals surface area contributed by atoms with Crippen LogP contribution in [0.1, 0.15) is 76.0 Å². The minimum Gasteiger partial charge on any atom is -0.496 e. The number of nitrogens with one attached hydrogen (secondary N) is 3. The number of hydrazine groups is 1. The van der Waals surface area contributed by atoms with E-state index in [1.165, 1.54) is 18.7 Å². The van der Waals surface area contributed by atoms with Crippen LogP contribution in [-0.4, -0.2) is 41.9 Å². The van der Waals surface area contributed by atoms with Crippen LogP contribution in [0.5, 0.6) is 11.5 Å². The molecule has 1 heterocycles. The van der Waals surface area contributed by atoms with Gasteiger partial charge < -0.3 is 19.9 Å². The highest BCUT2D eigenvalue weighted by molar-refractivity contribution is 5.79. The maximum absolute atomic E-state index is 14.6. The van der Waals surface area contributed by atoms with Crippen LogP contribution in [0.25, 0.3) is 0 Å². The number of carbonyl (C=O) groups excluding carboxylic acids is 1. The molecule has 6 atom stereocenters. The van der Waals surface area contributed by atoms with Gasteiger partial charge in [-0.25, -0.2) is 9.82 Å². The Labute approximate surface area is 230 Å². The molecule has 7 nitrogen and oxygen atoms in total. The largest absolute Gasteiger partial charge is 0.496 e. The van der Waals surface area contributed by atoms with Crippen molar-refractivity contribution in [2.24, 2.45) is 11.8 Å². The number of carbonyl (C=O) groups is 1. The highest BCUT2D eigenvalue weighted by atomic mass is 19.1. The van der Waals surface area contributed by atoms with E-state index in [9.17, 15) is 14.3 Å². The van der Waals surface area contributed by atoms with E-state index in [1.54, 1.807) is 12.1 Å². The standard InChI is InChI=1S/C31H42FN3O4/c1-19(2)39-23-12-9-20(10-13-23)29-24-16-21(11-14-27(24)34-35-29)30(36)33-22-6-5-15-31(37,17-22)18-25-26(32)7-4-8-28(25)38-3/h4,7-10,12-13,19,21-22,24,27,29,34-35,37H,5-6,11,14-18H2,1-3H3,(H,33,36)/t21?,22-,24?,27?,29?,31-/m1/s1. The Morgan fingerprint density at radius 3 is 2.69 bits per heavy atom. The summed E-state index contributed by atoms with van der Waals surface area (Å²) in [7, 11) is 1.51. The van der Waals surface area contributed by atoms with Gasteiger partial charge in [-0.1, -0.05) is 18.2 Å². The molecule has 2 aromatic carbocycles. The molecule has 3 fully saturated rings. The zero-order valence-electron chi connectivity index (χ0n) is 23.2. The van der Waals surface area contributed by atoms with Crippen LogP contribution in [0.15, 0.2) is 42.5 Å². The number of fused-ring (bicyclic) bond motifs is 1. The molecule has 4 N–H and O–H groups in total.